The fraction of sp³-hybridized carbons (Fsp3) is 0.150. The molecule has 0 spiro atoms. The van der Waals surface area contributed by atoms with Crippen LogP contribution >= 0.6 is 23.4 Å². The van der Waals surface area contributed by atoms with Gasteiger partial charge in [0, 0.05) is 41.8 Å². The van der Waals surface area contributed by atoms with Gasteiger partial charge in [-0.1, -0.05) is 53.7 Å². The Hall–Kier alpha value is -2.57. The Bertz CT molecular complexity index is 981. The minimum Gasteiger partial charge on any atom is -0.337 e. The number of aryl methyl sites for hydroxylation is 1. The van der Waals surface area contributed by atoms with E-state index in [1.54, 1.807) is 18.0 Å². The van der Waals surface area contributed by atoms with Crippen molar-refractivity contribution in [3.05, 3.63) is 89.7 Å². The Balaban J connectivity index is 1.60. The van der Waals surface area contributed by atoms with Crippen molar-refractivity contribution in [2.24, 2.45) is 0 Å². The lowest BCUT2D eigenvalue weighted by Crippen LogP contribution is -2.05. The van der Waals surface area contributed by atoms with Crippen molar-refractivity contribution in [1.29, 1.82) is 0 Å². The van der Waals surface area contributed by atoms with Crippen LogP contribution in [-0.4, -0.2) is 30.1 Å². The highest BCUT2D eigenvalue weighted by Crippen LogP contribution is 2.24. The van der Waals surface area contributed by atoms with E-state index in [9.17, 15) is 0 Å². The van der Waals surface area contributed by atoms with Gasteiger partial charge in [-0.2, -0.15) is 0 Å². The van der Waals surface area contributed by atoms with E-state index in [2.05, 4.69) is 36.4 Å². The van der Waals surface area contributed by atoms with Crippen molar-refractivity contribution in [3.8, 4) is 5.69 Å². The van der Waals surface area contributed by atoms with E-state index in [4.69, 9.17) is 11.6 Å². The first kappa shape index (κ1) is 17.8. The minimum atomic E-state index is 0.714. The number of benzene rings is 2. The quantitative estimate of drug-likeness (QED) is 0.432. The summed E-state index contributed by atoms with van der Waals surface area (Å²) in [6.45, 7) is 0.867. The Morgan fingerprint density at radius 3 is 2.52 bits per heavy atom. The molecule has 0 fully saturated rings. The predicted octanol–water partition coefficient (Wildman–Crippen LogP) is 4.50. The van der Waals surface area contributed by atoms with Crippen molar-refractivity contribution in [2.75, 3.05) is 5.75 Å². The first-order valence-electron chi connectivity index (χ1n) is 8.62. The van der Waals surface area contributed by atoms with E-state index >= 15 is 0 Å². The second-order valence-corrected chi connectivity index (χ2v) is 7.52. The first-order chi connectivity index (χ1) is 13.3. The smallest absolute Gasteiger partial charge is 0.195 e. The maximum Gasteiger partial charge on any atom is 0.195 e. The summed E-state index contributed by atoms with van der Waals surface area (Å²) < 4.78 is 4.17. The molecule has 0 N–H and O–H groups in total. The van der Waals surface area contributed by atoms with Crippen molar-refractivity contribution in [1.82, 2.24) is 24.3 Å². The lowest BCUT2D eigenvalue weighted by Gasteiger charge is -2.11. The average Bonchev–Trinajstić information content (AvgIpc) is 3.34. The minimum absolute atomic E-state index is 0.714. The van der Waals surface area contributed by atoms with Crippen LogP contribution in [0.1, 0.15) is 11.4 Å². The lowest BCUT2D eigenvalue weighted by atomic mass is 10.1. The van der Waals surface area contributed by atoms with Crippen molar-refractivity contribution >= 4 is 23.4 Å². The summed E-state index contributed by atoms with van der Waals surface area (Å²) in [7, 11) is 0. The molecule has 0 bridgehead atoms. The Labute approximate surface area is 167 Å². The van der Waals surface area contributed by atoms with Crippen LogP contribution in [0.25, 0.3) is 5.69 Å². The highest BCUT2D eigenvalue weighted by Gasteiger charge is 2.15. The summed E-state index contributed by atoms with van der Waals surface area (Å²) in [5.74, 6) is 1.79. The lowest BCUT2D eigenvalue weighted by molar-refractivity contribution is 0.766. The van der Waals surface area contributed by atoms with Gasteiger partial charge in [-0.25, -0.2) is 4.98 Å². The molecule has 2 aromatic carbocycles. The van der Waals surface area contributed by atoms with E-state index in [0.717, 1.165) is 35.4 Å². The highest BCUT2D eigenvalue weighted by molar-refractivity contribution is 7.99. The third-order valence-electron chi connectivity index (χ3n) is 4.13. The summed E-state index contributed by atoms with van der Waals surface area (Å²) >= 11 is 7.75. The van der Waals surface area contributed by atoms with Gasteiger partial charge < -0.3 is 4.57 Å². The van der Waals surface area contributed by atoms with Crippen LogP contribution in [0.4, 0.5) is 0 Å². The molecule has 136 valence electrons. The molecule has 4 rings (SSSR count). The predicted molar refractivity (Wildman–Crippen MR) is 109 cm³/mol. The summed E-state index contributed by atoms with van der Waals surface area (Å²) in [4.78, 5) is 4.08. The molecule has 2 aromatic heterocycles. The van der Waals surface area contributed by atoms with Gasteiger partial charge in [0.15, 0.2) is 5.16 Å². The van der Waals surface area contributed by atoms with Crippen molar-refractivity contribution < 1.29 is 0 Å². The molecule has 27 heavy (non-hydrogen) atoms. The highest BCUT2D eigenvalue weighted by atomic mass is 35.5. The molecule has 0 saturated carbocycles. The largest absolute Gasteiger partial charge is 0.337 e. The van der Waals surface area contributed by atoms with Gasteiger partial charge in [-0.05, 0) is 29.8 Å². The Morgan fingerprint density at radius 1 is 0.963 bits per heavy atom. The Kier molecular flexibility index (Phi) is 5.55. The summed E-state index contributed by atoms with van der Waals surface area (Å²) in [5, 5.41) is 10.5. The Morgan fingerprint density at radius 2 is 1.78 bits per heavy atom. The summed E-state index contributed by atoms with van der Waals surface area (Å²) in [6, 6.07) is 18.1. The van der Waals surface area contributed by atoms with Gasteiger partial charge in [0.1, 0.15) is 5.82 Å². The van der Waals surface area contributed by atoms with Crippen LogP contribution in [0.2, 0.25) is 5.02 Å². The average molecular weight is 396 g/mol. The fourth-order valence-electron chi connectivity index (χ4n) is 2.80. The van der Waals surface area contributed by atoms with Crippen LogP contribution < -0.4 is 0 Å². The van der Waals surface area contributed by atoms with E-state index in [0.29, 0.717) is 5.02 Å². The molecule has 2 heterocycles. The number of halogens is 1. The number of imidazole rings is 1. The monoisotopic (exact) mass is 395 g/mol. The van der Waals surface area contributed by atoms with Crippen molar-refractivity contribution in [3.63, 3.8) is 0 Å². The van der Waals surface area contributed by atoms with E-state index in [-0.39, 0.29) is 0 Å². The zero-order valence-electron chi connectivity index (χ0n) is 14.6. The van der Waals surface area contributed by atoms with Gasteiger partial charge in [0.05, 0.1) is 6.33 Å². The molecule has 0 amide bonds. The molecular weight excluding hydrogens is 378 g/mol. The molecule has 0 atom stereocenters. The molecule has 0 radical (unpaired) electrons. The van der Waals surface area contributed by atoms with E-state index in [1.807, 2.05) is 55.0 Å². The SMILES string of the molecule is Clc1ccc(-n2c(Cc3ccccc3)nnc2SCCn2ccnc2)cc1. The van der Waals surface area contributed by atoms with E-state index < -0.39 is 0 Å². The molecule has 0 aliphatic rings. The molecule has 0 aliphatic heterocycles. The molecule has 0 unspecified atom stereocenters. The van der Waals surface area contributed by atoms with Gasteiger partial charge in [-0.15, -0.1) is 10.2 Å². The number of aromatic nitrogens is 5. The second kappa shape index (κ2) is 8.41. The van der Waals surface area contributed by atoms with Crippen LogP contribution in [0.5, 0.6) is 0 Å². The van der Waals surface area contributed by atoms with E-state index in [1.165, 1.54) is 5.56 Å². The second-order valence-electron chi connectivity index (χ2n) is 6.02. The number of hydrogen-bond acceptors (Lipinski definition) is 4. The topological polar surface area (TPSA) is 48.5 Å². The van der Waals surface area contributed by atoms with Gasteiger partial charge in [-0.3, -0.25) is 4.57 Å². The van der Waals surface area contributed by atoms with Crippen LogP contribution in [-0.2, 0) is 13.0 Å². The summed E-state index contributed by atoms with van der Waals surface area (Å²) in [6.07, 6.45) is 6.30. The third kappa shape index (κ3) is 4.40. The van der Waals surface area contributed by atoms with Crippen LogP contribution in [0.15, 0.2) is 78.5 Å². The standard InChI is InChI=1S/C20H18ClN5S/c21-17-6-8-18(9-7-17)26-19(14-16-4-2-1-3-5-16)23-24-20(26)27-13-12-25-11-10-22-15-25/h1-11,15H,12-14H2. The molecule has 5 nitrogen and oxygen atoms in total. The molecule has 7 heteroatoms. The zero-order valence-corrected chi connectivity index (χ0v) is 16.1. The maximum absolute atomic E-state index is 6.07. The molecule has 0 saturated heterocycles. The zero-order chi connectivity index (χ0) is 18.5. The number of rotatable bonds is 7. The third-order valence-corrected chi connectivity index (χ3v) is 5.29. The maximum atomic E-state index is 6.07. The number of thioether (sulfide) groups is 1. The van der Waals surface area contributed by atoms with Crippen molar-refractivity contribution in [2.45, 2.75) is 18.1 Å². The summed E-state index contributed by atoms with van der Waals surface area (Å²) in [5.41, 5.74) is 2.22. The van der Waals surface area contributed by atoms with Gasteiger partial charge >= 0.3 is 0 Å². The van der Waals surface area contributed by atoms with Gasteiger partial charge in [0.25, 0.3) is 0 Å². The molecular formula is C20H18ClN5S. The van der Waals surface area contributed by atoms with Gasteiger partial charge in [0.2, 0.25) is 0 Å². The number of nitrogens with zero attached hydrogens (tertiary/aromatic N) is 5. The first-order valence-corrected chi connectivity index (χ1v) is 9.98. The van der Waals surface area contributed by atoms with Crippen LogP contribution in [0.3, 0.4) is 0 Å². The number of hydrogen-bond donors (Lipinski definition) is 0. The fourth-order valence-corrected chi connectivity index (χ4v) is 3.85. The molecule has 0 aliphatic carbocycles. The van der Waals surface area contributed by atoms with Crippen LogP contribution in [0, 0.1) is 0 Å². The normalized spacial score (nSPS) is 11.0. The molecule has 4 aromatic rings.